The van der Waals surface area contributed by atoms with E-state index in [2.05, 4.69) is 0 Å². The Labute approximate surface area is 161 Å². The molecule has 9 nitrogen and oxygen atoms in total. The van der Waals surface area contributed by atoms with E-state index in [0.29, 0.717) is 6.20 Å². The van der Waals surface area contributed by atoms with Crippen molar-refractivity contribution in [2.45, 2.75) is 24.5 Å². The molecule has 0 saturated heterocycles. The van der Waals surface area contributed by atoms with Gasteiger partial charge in [-0.15, -0.1) is 0 Å². The molecule has 1 atom stereocenters. The molecule has 1 aromatic heterocycles. The standard InChI is InChI=1S/C17H22FN3O6S/c1-12-3-5-13(6-4-12)28(25,26)20(9-10-22)8-7-15(27-2)21-11-14(18)16(23)19-17(21)24/h3-6,11,15,22H,7-10H2,1-2H3,(H,19,23,24). The van der Waals surface area contributed by atoms with Gasteiger partial charge in [-0.05, 0) is 19.1 Å². The van der Waals surface area contributed by atoms with Crippen LogP contribution in [0.15, 0.2) is 44.9 Å². The minimum absolute atomic E-state index is 0.0209. The van der Waals surface area contributed by atoms with Gasteiger partial charge in [0.2, 0.25) is 15.8 Å². The highest BCUT2D eigenvalue weighted by atomic mass is 32.2. The zero-order valence-corrected chi connectivity index (χ0v) is 16.3. The van der Waals surface area contributed by atoms with Gasteiger partial charge in [-0.2, -0.15) is 8.70 Å². The summed E-state index contributed by atoms with van der Waals surface area (Å²) in [5.41, 5.74) is -1.14. The van der Waals surface area contributed by atoms with Crippen LogP contribution in [0.4, 0.5) is 4.39 Å². The summed E-state index contributed by atoms with van der Waals surface area (Å²) < 4.78 is 46.2. The molecule has 2 N–H and O–H groups in total. The number of nitrogens with one attached hydrogen (secondary N) is 1. The lowest BCUT2D eigenvalue weighted by Gasteiger charge is -2.24. The summed E-state index contributed by atoms with van der Waals surface area (Å²) in [6, 6.07) is 6.24. The average molecular weight is 415 g/mol. The van der Waals surface area contributed by atoms with Crippen molar-refractivity contribution in [3.05, 3.63) is 62.7 Å². The van der Waals surface area contributed by atoms with Crippen LogP contribution in [-0.4, -0.2) is 54.2 Å². The Morgan fingerprint density at radius 3 is 2.46 bits per heavy atom. The maximum absolute atomic E-state index is 13.5. The summed E-state index contributed by atoms with van der Waals surface area (Å²) in [6.45, 7) is 1.14. The van der Waals surface area contributed by atoms with Crippen LogP contribution in [0.2, 0.25) is 0 Å². The van der Waals surface area contributed by atoms with Crippen LogP contribution in [0, 0.1) is 12.7 Å². The first-order valence-corrected chi connectivity index (χ1v) is 9.86. The van der Waals surface area contributed by atoms with Crippen molar-refractivity contribution in [2.75, 3.05) is 26.8 Å². The Morgan fingerprint density at radius 1 is 1.25 bits per heavy atom. The highest BCUT2D eigenvalue weighted by molar-refractivity contribution is 7.89. The first-order valence-electron chi connectivity index (χ1n) is 8.42. The van der Waals surface area contributed by atoms with E-state index in [1.807, 2.05) is 11.9 Å². The molecule has 1 heterocycles. The fourth-order valence-corrected chi connectivity index (χ4v) is 4.07. The van der Waals surface area contributed by atoms with E-state index in [1.165, 1.54) is 19.2 Å². The Balaban J connectivity index is 2.26. The van der Waals surface area contributed by atoms with Crippen LogP contribution >= 0.6 is 0 Å². The largest absolute Gasteiger partial charge is 0.395 e. The van der Waals surface area contributed by atoms with Crippen LogP contribution < -0.4 is 11.2 Å². The quantitative estimate of drug-likeness (QED) is 0.604. The van der Waals surface area contributed by atoms with Gasteiger partial charge in [-0.1, -0.05) is 17.7 Å². The highest BCUT2D eigenvalue weighted by Crippen LogP contribution is 2.19. The number of rotatable bonds is 9. The van der Waals surface area contributed by atoms with E-state index >= 15 is 0 Å². The summed E-state index contributed by atoms with van der Waals surface area (Å²) in [5, 5.41) is 9.26. The molecule has 1 unspecified atom stereocenters. The van der Waals surface area contributed by atoms with Crippen molar-refractivity contribution < 1.29 is 22.7 Å². The van der Waals surface area contributed by atoms with Crippen molar-refractivity contribution in [1.82, 2.24) is 13.9 Å². The van der Waals surface area contributed by atoms with Gasteiger partial charge in [0.15, 0.2) is 0 Å². The number of ether oxygens (including phenoxy) is 1. The molecule has 2 rings (SSSR count). The Bertz CT molecular complexity index is 1020. The van der Waals surface area contributed by atoms with Crippen LogP contribution in [0.1, 0.15) is 18.2 Å². The summed E-state index contributed by atoms with van der Waals surface area (Å²) in [4.78, 5) is 25.0. The molecule has 28 heavy (non-hydrogen) atoms. The third-order valence-corrected chi connectivity index (χ3v) is 6.05. The third-order valence-electron chi connectivity index (χ3n) is 4.14. The number of aromatic nitrogens is 2. The molecule has 0 bridgehead atoms. The monoisotopic (exact) mass is 415 g/mol. The molecule has 154 valence electrons. The lowest BCUT2D eigenvalue weighted by molar-refractivity contribution is 0.0279. The molecular formula is C17H22FN3O6S. The molecule has 0 radical (unpaired) electrons. The number of aryl methyl sites for hydroxylation is 1. The number of aromatic amines is 1. The fourth-order valence-electron chi connectivity index (χ4n) is 2.62. The number of sulfonamides is 1. The molecule has 0 spiro atoms. The van der Waals surface area contributed by atoms with E-state index in [-0.39, 0.29) is 24.4 Å². The Kier molecular flexibility index (Phi) is 7.24. The minimum atomic E-state index is -3.89. The highest BCUT2D eigenvalue weighted by Gasteiger charge is 2.25. The van der Waals surface area contributed by atoms with Gasteiger partial charge in [-0.3, -0.25) is 14.3 Å². The number of benzene rings is 1. The van der Waals surface area contributed by atoms with Crippen LogP contribution in [0.3, 0.4) is 0 Å². The zero-order chi connectivity index (χ0) is 20.9. The number of aliphatic hydroxyl groups excluding tert-OH is 1. The fraction of sp³-hybridized carbons (Fsp3) is 0.412. The van der Waals surface area contributed by atoms with Crippen LogP contribution in [0.5, 0.6) is 0 Å². The van der Waals surface area contributed by atoms with Crippen molar-refractivity contribution in [1.29, 1.82) is 0 Å². The first kappa shape index (κ1) is 22.0. The number of aliphatic hydroxyl groups is 1. The molecule has 0 saturated carbocycles. The summed E-state index contributed by atoms with van der Waals surface area (Å²) in [6.07, 6.45) is -0.332. The van der Waals surface area contributed by atoms with E-state index in [4.69, 9.17) is 4.74 Å². The summed E-state index contributed by atoms with van der Waals surface area (Å²) in [5.74, 6) is -1.17. The van der Waals surface area contributed by atoms with E-state index in [9.17, 15) is 27.5 Å². The van der Waals surface area contributed by atoms with E-state index < -0.39 is 39.9 Å². The Hall–Kier alpha value is -2.34. The van der Waals surface area contributed by atoms with Gasteiger partial charge < -0.3 is 9.84 Å². The van der Waals surface area contributed by atoms with Gasteiger partial charge >= 0.3 is 5.69 Å². The predicted molar refractivity (Wildman–Crippen MR) is 99.0 cm³/mol. The predicted octanol–water partition coefficient (Wildman–Crippen LogP) is 0.202. The van der Waals surface area contributed by atoms with E-state index in [0.717, 1.165) is 14.4 Å². The van der Waals surface area contributed by atoms with Gasteiger partial charge in [0, 0.05) is 26.6 Å². The lowest BCUT2D eigenvalue weighted by atomic mass is 10.2. The molecule has 11 heteroatoms. The number of nitrogens with zero attached hydrogens (tertiary/aromatic N) is 2. The van der Waals surface area contributed by atoms with Gasteiger partial charge in [0.25, 0.3) is 5.56 Å². The maximum atomic E-state index is 13.5. The van der Waals surface area contributed by atoms with Gasteiger partial charge in [0.1, 0.15) is 6.23 Å². The molecule has 1 aromatic carbocycles. The minimum Gasteiger partial charge on any atom is -0.395 e. The average Bonchev–Trinajstić information content (AvgIpc) is 2.65. The molecule has 0 aliphatic rings. The normalized spacial score (nSPS) is 13.0. The number of halogens is 1. The second kappa shape index (κ2) is 9.24. The summed E-state index contributed by atoms with van der Waals surface area (Å²) in [7, 11) is -2.62. The zero-order valence-electron chi connectivity index (χ0n) is 15.5. The van der Waals surface area contributed by atoms with Crippen LogP contribution in [0.25, 0.3) is 0 Å². The van der Waals surface area contributed by atoms with Crippen molar-refractivity contribution >= 4 is 10.0 Å². The number of hydrogen-bond donors (Lipinski definition) is 2. The number of methoxy groups -OCH3 is 1. The van der Waals surface area contributed by atoms with E-state index in [1.54, 1.807) is 12.1 Å². The smallest absolute Gasteiger partial charge is 0.330 e. The lowest BCUT2D eigenvalue weighted by Crippen LogP contribution is -2.38. The SMILES string of the molecule is COC(CCN(CCO)S(=O)(=O)c1ccc(C)cc1)n1cc(F)c(=O)[nH]c1=O. The van der Waals surface area contributed by atoms with Crippen molar-refractivity contribution in [3.63, 3.8) is 0 Å². The molecule has 0 fully saturated rings. The van der Waals surface area contributed by atoms with Crippen molar-refractivity contribution in [2.24, 2.45) is 0 Å². The van der Waals surface area contributed by atoms with Gasteiger partial charge in [0.05, 0.1) is 17.7 Å². The van der Waals surface area contributed by atoms with Crippen LogP contribution in [-0.2, 0) is 14.8 Å². The molecule has 0 amide bonds. The maximum Gasteiger partial charge on any atom is 0.330 e. The molecular weight excluding hydrogens is 393 g/mol. The third kappa shape index (κ3) is 4.93. The second-order valence-electron chi connectivity index (χ2n) is 6.06. The molecule has 2 aromatic rings. The summed E-state index contributed by atoms with van der Waals surface area (Å²) >= 11 is 0. The number of H-pyrrole nitrogens is 1. The second-order valence-corrected chi connectivity index (χ2v) is 8.00. The number of hydrogen-bond acceptors (Lipinski definition) is 6. The van der Waals surface area contributed by atoms with Gasteiger partial charge in [-0.25, -0.2) is 13.2 Å². The molecule has 0 aliphatic heterocycles. The Morgan fingerprint density at radius 2 is 1.89 bits per heavy atom. The molecule has 0 aliphatic carbocycles. The van der Waals surface area contributed by atoms with Crippen molar-refractivity contribution in [3.8, 4) is 0 Å². The topological polar surface area (TPSA) is 122 Å². The first-order chi connectivity index (χ1) is 13.2.